The zero-order valence-electron chi connectivity index (χ0n) is 10.0. The van der Waals surface area contributed by atoms with Gasteiger partial charge in [-0.2, -0.15) is 0 Å². The van der Waals surface area contributed by atoms with E-state index < -0.39 is 0 Å². The predicted molar refractivity (Wildman–Crippen MR) is 81.7 cm³/mol. The summed E-state index contributed by atoms with van der Waals surface area (Å²) in [5.74, 6) is 0.0885. The number of halogens is 2. The van der Waals surface area contributed by atoms with Crippen molar-refractivity contribution < 1.29 is 0 Å². The van der Waals surface area contributed by atoms with Crippen molar-refractivity contribution in [3.8, 4) is 0 Å². The highest BCUT2D eigenvalue weighted by atomic mass is 79.9. The number of nitrogens with one attached hydrogen (secondary N) is 2. The number of rotatable bonds is 3. The van der Waals surface area contributed by atoms with Gasteiger partial charge in [-0.25, -0.2) is 0 Å². The molecule has 0 saturated heterocycles. The molecule has 0 aliphatic carbocycles. The fourth-order valence-electron chi connectivity index (χ4n) is 2.29. The number of benzene rings is 1. The second-order valence-corrected chi connectivity index (χ2v) is 5.67. The molecule has 0 aliphatic heterocycles. The zero-order chi connectivity index (χ0) is 13.2. The summed E-state index contributed by atoms with van der Waals surface area (Å²) in [6.45, 7) is 0. The summed E-state index contributed by atoms with van der Waals surface area (Å²) in [4.78, 5) is 6.55. The van der Waals surface area contributed by atoms with Crippen LogP contribution in [0.1, 0.15) is 22.9 Å². The lowest BCUT2D eigenvalue weighted by Gasteiger charge is -2.17. The SMILES string of the molecule is Clc1cc(Br)ccc1C(c1ccc[nH]1)c1ccc[nH]1. The quantitative estimate of drug-likeness (QED) is 0.679. The molecule has 4 heteroatoms. The van der Waals surface area contributed by atoms with Gasteiger partial charge >= 0.3 is 0 Å². The molecular formula is C15H12BrClN2. The Morgan fingerprint density at radius 1 is 0.947 bits per heavy atom. The van der Waals surface area contributed by atoms with Crippen LogP contribution in [0.5, 0.6) is 0 Å². The van der Waals surface area contributed by atoms with E-state index in [-0.39, 0.29) is 5.92 Å². The Hall–Kier alpha value is -1.45. The van der Waals surface area contributed by atoms with Gasteiger partial charge in [0.1, 0.15) is 0 Å². The van der Waals surface area contributed by atoms with Gasteiger partial charge < -0.3 is 9.97 Å². The molecule has 1 aromatic carbocycles. The first-order valence-electron chi connectivity index (χ1n) is 5.97. The van der Waals surface area contributed by atoms with Gasteiger partial charge in [0.25, 0.3) is 0 Å². The Labute approximate surface area is 124 Å². The van der Waals surface area contributed by atoms with Crippen LogP contribution in [0.2, 0.25) is 5.02 Å². The van der Waals surface area contributed by atoms with Crippen LogP contribution >= 0.6 is 27.5 Å². The summed E-state index contributed by atoms with van der Waals surface area (Å²) in [5, 5.41) is 0.753. The molecular weight excluding hydrogens is 324 g/mol. The van der Waals surface area contributed by atoms with Crippen molar-refractivity contribution in [1.82, 2.24) is 9.97 Å². The van der Waals surface area contributed by atoms with Crippen LogP contribution in [0.15, 0.2) is 59.3 Å². The van der Waals surface area contributed by atoms with Crippen LogP contribution in [0, 0.1) is 0 Å². The van der Waals surface area contributed by atoms with Crippen LogP contribution < -0.4 is 0 Å². The lowest BCUT2D eigenvalue weighted by molar-refractivity contribution is 0.897. The summed E-state index contributed by atoms with van der Waals surface area (Å²) in [7, 11) is 0. The maximum Gasteiger partial charge on any atom is 0.0655 e. The van der Waals surface area contributed by atoms with Crippen LogP contribution in [0.3, 0.4) is 0 Å². The molecule has 0 spiro atoms. The summed E-state index contributed by atoms with van der Waals surface area (Å²) in [5.41, 5.74) is 3.31. The van der Waals surface area contributed by atoms with Gasteiger partial charge in [0.2, 0.25) is 0 Å². The highest BCUT2D eigenvalue weighted by Crippen LogP contribution is 2.35. The topological polar surface area (TPSA) is 31.6 Å². The van der Waals surface area contributed by atoms with Crippen molar-refractivity contribution in [3.05, 3.63) is 81.3 Å². The summed E-state index contributed by atoms with van der Waals surface area (Å²) >= 11 is 9.84. The van der Waals surface area contributed by atoms with Crippen LogP contribution in [0.4, 0.5) is 0 Å². The van der Waals surface area contributed by atoms with Gasteiger partial charge in [0, 0.05) is 33.3 Å². The number of hydrogen-bond donors (Lipinski definition) is 2. The van der Waals surface area contributed by atoms with Crippen molar-refractivity contribution in [2.45, 2.75) is 5.92 Å². The first-order chi connectivity index (χ1) is 9.25. The van der Waals surface area contributed by atoms with E-state index >= 15 is 0 Å². The van der Waals surface area contributed by atoms with Gasteiger partial charge in [-0.15, -0.1) is 0 Å². The third-order valence-corrected chi connectivity index (χ3v) is 3.96. The number of aromatic nitrogens is 2. The summed E-state index contributed by atoms with van der Waals surface area (Å²) < 4.78 is 0.984. The standard InChI is InChI=1S/C15H12BrClN2/c16-10-5-6-11(12(17)9-10)15(13-3-1-7-18-13)14-4-2-8-19-14/h1-9,15,18-19H. The Morgan fingerprint density at radius 3 is 2.05 bits per heavy atom. The van der Waals surface area contributed by atoms with E-state index in [0.29, 0.717) is 0 Å². The van der Waals surface area contributed by atoms with Gasteiger partial charge in [-0.05, 0) is 42.0 Å². The van der Waals surface area contributed by atoms with Crippen molar-refractivity contribution >= 4 is 27.5 Å². The molecule has 2 nitrogen and oxygen atoms in total. The van der Waals surface area contributed by atoms with Crippen molar-refractivity contribution in [3.63, 3.8) is 0 Å². The average molecular weight is 336 g/mol. The second kappa shape index (κ2) is 5.27. The number of hydrogen-bond acceptors (Lipinski definition) is 0. The van der Waals surface area contributed by atoms with E-state index in [1.165, 1.54) is 0 Å². The van der Waals surface area contributed by atoms with E-state index in [1.807, 2.05) is 36.7 Å². The highest BCUT2D eigenvalue weighted by molar-refractivity contribution is 9.10. The Bertz CT molecular complexity index is 625. The van der Waals surface area contributed by atoms with Crippen molar-refractivity contribution in [1.29, 1.82) is 0 Å². The predicted octanol–water partition coefficient (Wildman–Crippen LogP) is 4.94. The molecule has 0 radical (unpaired) electrons. The first kappa shape index (κ1) is 12.6. The van der Waals surface area contributed by atoms with Crippen LogP contribution in [-0.2, 0) is 0 Å². The lowest BCUT2D eigenvalue weighted by Crippen LogP contribution is -2.05. The van der Waals surface area contributed by atoms with E-state index in [1.54, 1.807) is 0 Å². The van der Waals surface area contributed by atoms with Gasteiger partial charge in [0.05, 0.1) is 5.92 Å². The van der Waals surface area contributed by atoms with E-state index in [9.17, 15) is 0 Å². The molecule has 19 heavy (non-hydrogen) atoms. The minimum Gasteiger partial charge on any atom is -0.364 e. The minimum atomic E-state index is 0.0885. The van der Waals surface area contributed by atoms with E-state index in [2.05, 4.69) is 44.1 Å². The molecule has 0 saturated carbocycles. The zero-order valence-corrected chi connectivity index (χ0v) is 12.4. The summed E-state index contributed by atoms with van der Waals surface area (Å²) in [6.07, 6.45) is 3.86. The Kier molecular flexibility index (Phi) is 3.49. The van der Waals surface area contributed by atoms with Gasteiger partial charge in [-0.3, -0.25) is 0 Å². The maximum atomic E-state index is 6.40. The maximum absolute atomic E-state index is 6.40. The lowest BCUT2D eigenvalue weighted by atomic mass is 9.92. The molecule has 2 aromatic heterocycles. The smallest absolute Gasteiger partial charge is 0.0655 e. The number of aromatic amines is 2. The van der Waals surface area contributed by atoms with E-state index in [4.69, 9.17) is 11.6 Å². The molecule has 0 fully saturated rings. The van der Waals surface area contributed by atoms with Gasteiger partial charge in [0.15, 0.2) is 0 Å². The minimum absolute atomic E-state index is 0.0885. The third kappa shape index (κ3) is 2.48. The van der Waals surface area contributed by atoms with E-state index in [0.717, 1.165) is 26.4 Å². The second-order valence-electron chi connectivity index (χ2n) is 4.35. The molecule has 0 aliphatic rings. The fourth-order valence-corrected chi connectivity index (χ4v) is 3.07. The number of H-pyrrole nitrogens is 2. The molecule has 3 rings (SSSR count). The van der Waals surface area contributed by atoms with Crippen molar-refractivity contribution in [2.24, 2.45) is 0 Å². The van der Waals surface area contributed by atoms with Crippen molar-refractivity contribution in [2.75, 3.05) is 0 Å². The molecule has 0 bridgehead atoms. The molecule has 0 unspecified atom stereocenters. The Balaban J connectivity index is 2.14. The van der Waals surface area contributed by atoms with Crippen LogP contribution in [-0.4, -0.2) is 9.97 Å². The van der Waals surface area contributed by atoms with Crippen LogP contribution in [0.25, 0.3) is 0 Å². The normalized spacial score (nSPS) is 11.1. The molecule has 3 aromatic rings. The first-order valence-corrected chi connectivity index (χ1v) is 7.14. The average Bonchev–Trinajstić information content (AvgIpc) is 3.06. The monoisotopic (exact) mass is 334 g/mol. The fraction of sp³-hybridized carbons (Fsp3) is 0.0667. The Morgan fingerprint density at radius 2 is 1.58 bits per heavy atom. The largest absolute Gasteiger partial charge is 0.364 e. The molecule has 96 valence electrons. The third-order valence-electron chi connectivity index (χ3n) is 3.14. The molecule has 2 N–H and O–H groups in total. The van der Waals surface area contributed by atoms with Gasteiger partial charge in [-0.1, -0.05) is 33.6 Å². The molecule has 0 amide bonds. The molecule has 2 heterocycles. The molecule has 0 atom stereocenters. The highest BCUT2D eigenvalue weighted by Gasteiger charge is 2.20. The summed E-state index contributed by atoms with van der Waals surface area (Å²) in [6, 6.07) is 14.1.